The molecule has 0 aliphatic rings. The van der Waals surface area contributed by atoms with Gasteiger partial charge >= 0.3 is 29.6 Å². The molecule has 0 fully saturated rings. The van der Waals surface area contributed by atoms with Gasteiger partial charge in [0, 0.05) is 5.56 Å². The quantitative estimate of drug-likeness (QED) is 0.328. The van der Waals surface area contributed by atoms with E-state index in [4.69, 9.17) is 0 Å². The van der Waals surface area contributed by atoms with E-state index in [1.54, 1.807) is 0 Å². The molecule has 0 aliphatic heterocycles. The second-order valence-corrected chi connectivity index (χ2v) is 3.83. The molecule has 0 aliphatic carbocycles. The van der Waals surface area contributed by atoms with E-state index in [9.17, 15) is 17.8 Å². The molecule has 0 atom stereocenters. The van der Waals surface area contributed by atoms with Gasteiger partial charge in [-0.2, -0.15) is 0 Å². The summed E-state index contributed by atoms with van der Waals surface area (Å²) in [7, 11) is -3.34. The van der Waals surface area contributed by atoms with Crippen LogP contribution in [0.2, 0.25) is 0 Å². The van der Waals surface area contributed by atoms with E-state index >= 15 is 0 Å². The Labute approximate surface area is 109 Å². The van der Waals surface area contributed by atoms with Gasteiger partial charge in [0.15, 0.2) is 0 Å². The van der Waals surface area contributed by atoms with Gasteiger partial charge < -0.3 is 9.29 Å². The summed E-state index contributed by atoms with van der Waals surface area (Å²) in [6.07, 6.45) is 0.531. The van der Waals surface area contributed by atoms with Gasteiger partial charge in [0.2, 0.25) is 0 Å². The summed E-state index contributed by atoms with van der Waals surface area (Å²) in [6.45, 7) is 0. The number of aldehydes is 1. The molecule has 0 bridgehead atoms. The van der Waals surface area contributed by atoms with Crippen molar-refractivity contribution >= 4 is 16.4 Å². The molecule has 0 saturated heterocycles. The maximum atomic E-state index is 10.7. The van der Waals surface area contributed by atoms with Gasteiger partial charge in [-0.1, -0.05) is 6.07 Å². The number of benzene rings is 1. The first-order valence-corrected chi connectivity index (χ1v) is 4.99. The van der Waals surface area contributed by atoms with Crippen LogP contribution >= 0.6 is 0 Å². The predicted octanol–water partition coefficient (Wildman–Crippen LogP) is -2.58. The standard InChI is InChI=1S/C8H8O5S.Na/c1-13-7-4-6(5-9)2-3-8(7)14(10,11)12;/h2-5H,1H3,(H,10,11,12);/q;+1/p-1. The molecule has 0 unspecified atom stereocenters. The van der Waals surface area contributed by atoms with Crippen LogP contribution in [0.3, 0.4) is 0 Å². The monoisotopic (exact) mass is 238 g/mol. The van der Waals surface area contributed by atoms with Gasteiger partial charge in [0.1, 0.15) is 22.2 Å². The number of carbonyl (C=O) groups is 1. The van der Waals surface area contributed by atoms with Crippen molar-refractivity contribution in [2.24, 2.45) is 0 Å². The summed E-state index contributed by atoms with van der Waals surface area (Å²) in [5.74, 6) is -0.121. The normalized spacial score (nSPS) is 10.3. The summed E-state index contributed by atoms with van der Waals surface area (Å²) in [5, 5.41) is 0. The smallest absolute Gasteiger partial charge is 0.744 e. The molecule has 0 radical (unpaired) electrons. The van der Waals surface area contributed by atoms with E-state index in [-0.39, 0.29) is 40.9 Å². The summed E-state index contributed by atoms with van der Waals surface area (Å²) in [4.78, 5) is 9.89. The van der Waals surface area contributed by atoms with E-state index in [2.05, 4.69) is 4.74 Å². The molecule has 1 rings (SSSR count). The van der Waals surface area contributed by atoms with Crippen LogP contribution in [-0.2, 0) is 10.1 Å². The molecule has 15 heavy (non-hydrogen) atoms. The zero-order valence-corrected chi connectivity index (χ0v) is 11.1. The van der Waals surface area contributed by atoms with Crippen molar-refractivity contribution in [1.82, 2.24) is 0 Å². The third kappa shape index (κ3) is 3.58. The van der Waals surface area contributed by atoms with Gasteiger partial charge in [0.25, 0.3) is 0 Å². The molecule has 5 nitrogen and oxygen atoms in total. The third-order valence-electron chi connectivity index (χ3n) is 1.59. The Balaban J connectivity index is 0.00000196. The first-order valence-electron chi connectivity index (χ1n) is 3.58. The fraction of sp³-hybridized carbons (Fsp3) is 0.125. The second kappa shape index (κ2) is 5.62. The molecule has 0 amide bonds. The van der Waals surface area contributed by atoms with Crippen LogP contribution in [0.15, 0.2) is 23.1 Å². The largest absolute Gasteiger partial charge is 1.00 e. The molecule has 1 aromatic carbocycles. The molecular formula is C8H7NaO5S. The second-order valence-electron chi connectivity index (χ2n) is 2.48. The summed E-state index contributed by atoms with van der Waals surface area (Å²) in [5.41, 5.74) is 0.245. The number of rotatable bonds is 3. The zero-order valence-electron chi connectivity index (χ0n) is 8.26. The van der Waals surface area contributed by atoms with Crippen molar-refractivity contribution in [1.29, 1.82) is 0 Å². The Morgan fingerprint density at radius 3 is 2.40 bits per heavy atom. The van der Waals surface area contributed by atoms with Gasteiger partial charge in [-0.3, -0.25) is 4.79 Å². The van der Waals surface area contributed by atoms with Crippen LogP contribution in [0.25, 0.3) is 0 Å². The maximum Gasteiger partial charge on any atom is 1.00 e. The van der Waals surface area contributed by atoms with Crippen LogP contribution in [0.1, 0.15) is 10.4 Å². The number of hydrogen-bond donors (Lipinski definition) is 0. The average molecular weight is 238 g/mol. The van der Waals surface area contributed by atoms with E-state index in [0.717, 1.165) is 6.07 Å². The van der Waals surface area contributed by atoms with E-state index in [1.165, 1.54) is 19.2 Å². The van der Waals surface area contributed by atoms with Crippen LogP contribution < -0.4 is 34.3 Å². The molecule has 76 valence electrons. The Bertz CT molecular complexity index is 454. The van der Waals surface area contributed by atoms with Crippen molar-refractivity contribution in [3.05, 3.63) is 23.8 Å². The molecule has 7 heteroatoms. The van der Waals surface area contributed by atoms with Gasteiger partial charge in [-0.05, 0) is 12.1 Å². The molecular weight excluding hydrogens is 231 g/mol. The van der Waals surface area contributed by atoms with Gasteiger partial charge in [-0.25, -0.2) is 8.42 Å². The first-order chi connectivity index (χ1) is 6.49. The molecule has 0 saturated carbocycles. The predicted molar refractivity (Wildman–Crippen MR) is 46.3 cm³/mol. The Kier molecular flexibility index (Phi) is 5.47. The number of carbonyl (C=O) groups excluding carboxylic acids is 1. The topological polar surface area (TPSA) is 83.5 Å². The minimum Gasteiger partial charge on any atom is -0.744 e. The first kappa shape index (κ1) is 14.6. The third-order valence-corrected chi connectivity index (χ3v) is 2.47. The van der Waals surface area contributed by atoms with Crippen LogP contribution in [-0.4, -0.2) is 26.4 Å². The zero-order chi connectivity index (χ0) is 10.8. The SMILES string of the molecule is COc1cc(C=O)ccc1S(=O)(=O)[O-].[Na+]. The van der Waals surface area contributed by atoms with Crippen molar-refractivity contribution in [3.63, 3.8) is 0 Å². The fourth-order valence-corrected chi connectivity index (χ4v) is 1.59. The summed E-state index contributed by atoms with van der Waals surface area (Å²) < 4.78 is 36.7. The van der Waals surface area contributed by atoms with Crippen molar-refractivity contribution < 1.29 is 52.1 Å². The number of hydrogen-bond acceptors (Lipinski definition) is 5. The Hall–Kier alpha value is -0.400. The average Bonchev–Trinajstić information content (AvgIpc) is 2.15. The molecule has 0 spiro atoms. The molecule has 0 N–H and O–H groups in total. The van der Waals surface area contributed by atoms with Crippen molar-refractivity contribution in [2.75, 3.05) is 7.11 Å². The maximum absolute atomic E-state index is 10.7. The van der Waals surface area contributed by atoms with E-state index in [1.807, 2.05) is 0 Å². The minimum atomic E-state index is -4.56. The molecule has 0 heterocycles. The Morgan fingerprint density at radius 1 is 1.40 bits per heavy atom. The van der Waals surface area contributed by atoms with Crippen molar-refractivity contribution in [2.45, 2.75) is 4.90 Å². The summed E-state index contributed by atoms with van der Waals surface area (Å²) >= 11 is 0. The minimum absolute atomic E-state index is 0. The van der Waals surface area contributed by atoms with Crippen molar-refractivity contribution in [3.8, 4) is 5.75 Å². The van der Waals surface area contributed by atoms with E-state index in [0.29, 0.717) is 6.29 Å². The number of ether oxygens (including phenoxy) is 1. The molecule has 1 aromatic rings. The summed E-state index contributed by atoms with van der Waals surface area (Å²) in [6, 6.07) is 3.48. The fourth-order valence-electron chi connectivity index (χ4n) is 0.964. The van der Waals surface area contributed by atoms with Crippen LogP contribution in [0, 0.1) is 0 Å². The molecule has 0 aromatic heterocycles. The van der Waals surface area contributed by atoms with Gasteiger partial charge in [-0.15, -0.1) is 0 Å². The van der Waals surface area contributed by atoms with E-state index < -0.39 is 15.0 Å². The van der Waals surface area contributed by atoms with Gasteiger partial charge in [0.05, 0.1) is 12.0 Å². The van der Waals surface area contributed by atoms with Crippen LogP contribution in [0.5, 0.6) is 5.75 Å². The Morgan fingerprint density at radius 2 is 2.00 bits per heavy atom. The number of methoxy groups -OCH3 is 1. The van der Waals surface area contributed by atoms with Crippen LogP contribution in [0.4, 0.5) is 0 Å².